The molecule has 4 heteroatoms. The van der Waals surface area contributed by atoms with Crippen molar-refractivity contribution in [2.45, 2.75) is 24.5 Å². The minimum Gasteiger partial charge on any atom is -0.322 e. The van der Waals surface area contributed by atoms with Gasteiger partial charge in [0.1, 0.15) is 0 Å². The van der Waals surface area contributed by atoms with E-state index in [1.807, 2.05) is 43.3 Å². The molecule has 3 rings (SSSR count). The molecule has 0 bridgehead atoms. The summed E-state index contributed by atoms with van der Waals surface area (Å²) in [6.45, 7) is 4.06. The zero-order valence-corrected chi connectivity index (χ0v) is 15.3. The first-order chi connectivity index (χ1) is 11.6. The van der Waals surface area contributed by atoms with Crippen molar-refractivity contribution < 1.29 is 4.79 Å². The van der Waals surface area contributed by atoms with Gasteiger partial charge in [0, 0.05) is 16.3 Å². The lowest BCUT2D eigenvalue weighted by Crippen LogP contribution is -2.13. The molecule has 0 aliphatic rings. The number of amides is 1. The molecule has 1 N–H and O–H groups in total. The number of thiophene rings is 1. The first-order valence-corrected chi connectivity index (χ1v) is 9.68. The normalized spacial score (nSPS) is 10.6. The van der Waals surface area contributed by atoms with Gasteiger partial charge in [-0.15, -0.1) is 11.8 Å². The topological polar surface area (TPSA) is 29.1 Å². The van der Waals surface area contributed by atoms with Crippen molar-refractivity contribution in [3.63, 3.8) is 0 Å². The van der Waals surface area contributed by atoms with Gasteiger partial charge >= 0.3 is 0 Å². The molecule has 0 saturated heterocycles. The molecule has 24 heavy (non-hydrogen) atoms. The predicted molar refractivity (Wildman–Crippen MR) is 104 cm³/mol. The Hall–Kier alpha value is -2.04. The number of carbonyl (C=O) groups is 1. The first-order valence-electron chi connectivity index (χ1n) is 7.75. The van der Waals surface area contributed by atoms with E-state index in [0.29, 0.717) is 0 Å². The highest BCUT2D eigenvalue weighted by molar-refractivity contribution is 7.98. The van der Waals surface area contributed by atoms with Crippen LogP contribution in [-0.4, -0.2) is 5.91 Å². The maximum absolute atomic E-state index is 12.7. The Bertz CT molecular complexity index is 841. The van der Waals surface area contributed by atoms with Crippen LogP contribution in [0.5, 0.6) is 0 Å². The van der Waals surface area contributed by atoms with Crippen molar-refractivity contribution in [3.05, 3.63) is 81.5 Å². The quantitative estimate of drug-likeness (QED) is 0.578. The van der Waals surface area contributed by atoms with Crippen LogP contribution >= 0.6 is 23.1 Å². The molecule has 1 amide bonds. The highest BCUT2D eigenvalue weighted by atomic mass is 32.2. The highest BCUT2D eigenvalue weighted by Crippen LogP contribution is 2.28. The molecule has 0 atom stereocenters. The van der Waals surface area contributed by atoms with Crippen molar-refractivity contribution in [3.8, 4) is 0 Å². The lowest BCUT2D eigenvalue weighted by molar-refractivity contribution is 0.102. The molecular weight excluding hydrogens is 334 g/mol. The number of benzene rings is 2. The Kier molecular flexibility index (Phi) is 5.38. The fourth-order valence-corrected chi connectivity index (χ4v) is 4.23. The standard InChI is InChI=1S/C20H19NOS2/c1-14-7-8-18(15(2)11-14)21-20(22)17-5-3-4-6-19(17)24-13-16-9-10-23-12-16/h3-12H,13H2,1-2H3,(H,21,22). The molecule has 0 saturated carbocycles. The van der Waals surface area contributed by atoms with Crippen LogP contribution in [0.2, 0.25) is 0 Å². The van der Waals surface area contributed by atoms with E-state index in [0.717, 1.165) is 27.5 Å². The number of rotatable bonds is 5. The Morgan fingerprint density at radius 1 is 1.12 bits per heavy atom. The van der Waals surface area contributed by atoms with E-state index in [1.54, 1.807) is 23.1 Å². The van der Waals surface area contributed by atoms with Gasteiger partial charge in [0.25, 0.3) is 5.91 Å². The summed E-state index contributed by atoms with van der Waals surface area (Å²) in [5.74, 6) is 0.813. The summed E-state index contributed by atoms with van der Waals surface area (Å²) in [5, 5.41) is 7.26. The predicted octanol–water partition coefficient (Wildman–Crippen LogP) is 5.91. The molecule has 0 radical (unpaired) electrons. The van der Waals surface area contributed by atoms with Crippen LogP contribution in [-0.2, 0) is 5.75 Å². The van der Waals surface area contributed by atoms with Crippen molar-refractivity contribution in [1.82, 2.24) is 0 Å². The van der Waals surface area contributed by atoms with Crippen molar-refractivity contribution in [2.24, 2.45) is 0 Å². The SMILES string of the molecule is Cc1ccc(NC(=O)c2ccccc2SCc2ccsc2)c(C)c1. The van der Waals surface area contributed by atoms with Crippen LogP contribution in [0, 0.1) is 13.8 Å². The van der Waals surface area contributed by atoms with E-state index in [9.17, 15) is 4.79 Å². The van der Waals surface area contributed by atoms with Crippen LogP contribution in [0.25, 0.3) is 0 Å². The Labute approximate surface area is 150 Å². The number of hydrogen-bond acceptors (Lipinski definition) is 3. The average molecular weight is 354 g/mol. The smallest absolute Gasteiger partial charge is 0.256 e. The van der Waals surface area contributed by atoms with Crippen LogP contribution in [0.4, 0.5) is 5.69 Å². The minimum atomic E-state index is -0.0598. The van der Waals surface area contributed by atoms with Crippen molar-refractivity contribution in [1.29, 1.82) is 0 Å². The fraction of sp³-hybridized carbons (Fsp3) is 0.150. The Morgan fingerprint density at radius 3 is 2.71 bits per heavy atom. The highest BCUT2D eigenvalue weighted by Gasteiger charge is 2.13. The summed E-state index contributed by atoms with van der Waals surface area (Å²) in [5.41, 5.74) is 5.14. The minimum absolute atomic E-state index is 0.0598. The molecule has 122 valence electrons. The van der Waals surface area contributed by atoms with Gasteiger partial charge in [-0.2, -0.15) is 11.3 Å². The third kappa shape index (κ3) is 4.08. The zero-order valence-electron chi connectivity index (χ0n) is 13.7. The Balaban J connectivity index is 1.77. The third-order valence-electron chi connectivity index (χ3n) is 3.74. The van der Waals surface area contributed by atoms with Gasteiger partial charge in [-0.1, -0.05) is 29.8 Å². The van der Waals surface area contributed by atoms with Gasteiger partial charge in [-0.3, -0.25) is 4.79 Å². The summed E-state index contributed by atoms with van der Waals surface area (Å²) in [6.07, 6.45) is 0. The second-order valence-electron chi connectivity index (χ2n) is 5.69. The van der Waals surface area contributed by atoms with Gasteiger partial charge in [-0.05, 0) is 60.0 Å². The van der Waals surface area contributed by atoms with E-state index in [4.69, 9.17) is 0 Å². The van der Waals surface area contributed by atoms with Crippen LogP contribution < -0.4 is 5.32 Å². The summed E-state index contributed by atoms with van der Waals surface area (Å²) < 4.78 is 0. The molecule has 0 unspecified atom stereocenters. The molecule has 2 nitrogen and oxygen atoms in total. The largest absolute Gasteiger partial charge is 0.322 e. The van der Waals surface area contributed by atoms with Crippen molar-refractivity contribution >= 4 is 34.7 Å². The number of carbonyl (C=O) groups excluding carboxylic acids is 1. The van der Waals surface area contributed by atoms with Gasteiger partial charge in [-0.25, -0.2) is 0 Å². The summed E-state index contributed by atoms with van der Waals surface area (Å²) in [4.78, 5) is 13.7. The molecule has 0 aliphatic heterocycles. The van der Waals surface area contributed by atoms with Gasteiger partial charge in [0.2, 0.25) is 0 Å². The number of hydrogen-bond donors (Lipinski definition) is 1. The third-order valence-corrected chi connectivity index (χ3v) is 5.61. The van der Waals surface area contributed by atoms with E-state index >= 15 is 0 Å². The first kappa shape index (κ1) is 16.8. The second-order valence-corrected chi connectivity index (χ2v) is 7.49. The van der Waals surface area contributed by atoms with Gasteiger partial charge in [0.05, 0.1) is 5.56 Å². The molecular formula is C20H19NOS2. The lowest BCUT2D eigenvalue weighted by atomic mass is 10.1. The second kappa shape index (κ2) is 7.69. The maximum Gasteiger partial charge on any atom is 0.256 e. The molecule has 0 spiro atoms. The number of anilines is 1. The monoisotopic (exact) mass is 353 g/mol. The number of nitrogens with one attached hydrogen (secondary N) is 1. The van der Waals surface area contributed by atoms with Crippen LogP contribution in [0.3, 0.4) is 0 Å². The molecule has 0 aliphatic carbocycles. The van der Waals surface area contributed by atoms with E-state index in [-0.39, 0.29) is 5.91 Å². The number of aryl methyl sites for hydroxylation is 2. The Morgan fingerprint density at radius 2 is 1.96 bits per heavy atom. The maximum atomic E-state index is 12.7. The van der Waals surface area contributed by atoms with Crippen LogP contribution in [0.15, 0.2) is 64.2 Å². The lowest BCUT2D eigenvalue weighted by Gasteiger charge is -2.12. The molecule has 1 heterocycles. The number of thioether (sulfide) groups is 1. The average Bonchev–Trinajstić information content (AvgIpc) is 3.09. The van der Waals surface area contributed by atoms with E-state index in [1.165, 1.54) is 11.1 Å². The summed E-state index contributed by atoms with van der Waals surface area (Å²) >= 11 is 3.39. The van der Waals surface area contributed by atoms with E-state index < -0.39 is 0 Å². The zero-order chi connectivity index (χ0) is 16.9. The molecule has 2 aromatic carbocycles. The summed E-state index contributed by atoms with van der Waals surface area (Å²) in [6, 6.07) is 15.9. The van der Waals surface area contributed by atoms with E-state index in [2.05, 4.69) is 35.1 Å². The van der Waals surface area contributed by atoms with Gasteiger partial charge < -0.3 is 5.32 Å². The van der Waals surface area contributed by atoms with Gasteiger partial charge in [0.15, 0.2) is 0 Å². The fourth-order valence-electron chi connectivity index (χ4n) is 2.46. The van der Waals surface area contributed by atoms with Crippen molar-refractivity contribution in [2.75, 3.05) is 5.32 Å². The summed E-state index contributed by atoms with van der Waals surface area (Å²) in [7, 11) is 0. The molecule has 3 aromatic rings. The molecule has 0 fully saturated rings. The van der Waals surface area contributed by atoms with Crippen LogP contribution in [0.1, 0.15) is 27.0 Å². The molecule has 1 aromatic heterocycles.